The second-order valence-electron chi connectivity index (χ2n) is 5.37. The molecule has 126 valence electrons. The molecule has 0 heterocycles. The molecule has 0 bridgehead atoms. The number of carbonyl (C=O) groups excluding carboxylic acids is 1. The molecule has 0 aliphatic heterocycles. The van der Waals surface area contributed by atoms with E-state index in [1.54, 1.807) is 18.2 Å². The Labute approximate surface area is 145 Å². The molecule has 3 aromatic carbocycles. The Hall–Kier alpha value is -3.47. The van der Waals surface area contributed by atoms with E-state index in [4.69, 9.17) is 4.74 Å². The van der Waals surface area contributed by atoms with Crippen LogP contribution in [-0.2, 0) is 4.79 Å². The van der Waals surface area contributed by atoms with E-state index in [1.807, 2.05) is 54.6 Å². The van der Waals surface area contributed by atoms with Crippen LogP contribution >= 0.6 is 0 Å². The molecule has 0 radical (unpaired) electrons. The molecular weight excluding hydrogens is 316 g/mol. The van der Waals surface area contributed by atoms with Gasteiger partial charge in [0.1, 0.15) is 0 Å². The summed E-state index contributed by atoms with van der Waals surface area (Å²) in [5, 5.41) is 15.6. The molecule has 25 heavy (non-hydrogen) atoms. The Balaban J connectivity index is 1.52. The number of phenols is 1. The number of phenolic OH excluding ortho intramolecular Hbond substituents is 1. The molecule has 0 atom stereocenters. The quantitative estimate of drug-likeness (QED) is 0.633. The number of carbonyl (C=O) groups is 1. The average molecular weight is 334 g/mol. The van der Waals surface area contributed by atoms with Gasteiger partial charge in [-0.1, -0.05) is 30.3 Å². The molecule has 1 amide bonds. The largest absolute Gasteiger partial charge is 0.504 e. The Bertz CT molecular complexity index is 833. The van der Waals surface area contributed by atoms with Crippen molar-refractivity contribution < 1.29 is 14.6 Å². The van der Waals surface area contributed by atoms with Crippen LogP contribution in [0.3, 0.4) is 0 Å². The maximum Gasteiger partial charge on any atom is 0.262 e. The van der Waals surface area contributed by atoms with Crippen LogP contribution in [0.2, 0.25) is 0 Å². The van der Waals surface area contributed by atoms with Crippen molar-refractivity contribution in [2.75, 3.05) is 17.2 Å². The summed E-state index contributed by atoms with van der Waals surface area (Å²) in [6.07, 6.45) is 0. The summed E-state index contributed by atoms with van der Waals surface area (Å²) in [4.78, 5) is 11.9. The highest BCUT2D eigenvalue weighted by Gasteiger charge is 2.06. The molecule has 0 spiro atoms. The molecule has 3 aromatic rings. The highest BCUT2D eigenvalue weighted by atomic mass is 16.5. The van der Waals surface area contributed by atoms with Gasteiger partial charge in [-0.3, -0.25) is 4.79 Å². The standard InChI is InChI=1S/C20H18N2O3/c23-18-8-4-5-9-19(18)25-14-20(24)22-17-12-10-16(11-13-17)21-15-6-2-1-3-7-15/h1-13,21,23H,14H2,(H,22,24). The lowest BCUT2D eigenvalue weighted by molar-refractivity contribution is -0.118. The van der Waals surface area contributed by atoms with Gasteiger partial charge in [-0.2, -0.15) is 0 Å². The van der Waals surface area contributed by atoms with Crippen LogP contribution in [0.25, 0.3) is 0 Å². The Morgan fingerprint density at radius 1 is 0.800 bits per heavy atom. The van der Waals surface area contributed by atoms with E-state index < -0.39 is 0 Å². The number of aromatic hydroxyl groups is 1. The maximum atomic E-state index is 11.9. The van der Waals surface area contributed by atoms with Gasteiger partial charge in [0.05, 0.1) is 0 Å². The number of benzene rings is 3. The van der Waals surface area contributed by atoms with E-state index in [0.717, 1.165) is 11.4 Å². The number of para-hydroxylation sites is 3. The van der Waals surface area contributed by atoms with E-state index in [1.165, 1.54) is 6.07 Å². The second-order valence-corrected chi connectivity index (χ2v) is 5.37. The summed E-state index contributed by atoms with van der Waals surface area (Å²) < 4.78 is 5.30. The number of rotatable bonds is 6. The van der Waals surface area contributed by atoms with Crippen molar-refractivity contribution in [1.29, 1.82) is 0 Å². The Kier molecular flexibility index (Phi) is 5.16. The number of hydrogen-bond acceptors (Lipinski definition) is 4. The zero-order valence-corrected chi connectivity index (χ0v) is 13.5. The van der Waals surface area contributed by atoms with E-state index >= 15 is 0 Å². The Morgan fingerprint density at radius 2 is 1.40 bits per heavy atom. The van der Waals surface area contributed by atoms with Crippen LogP contribution in [0, 0.1) is 0 Å². The van der Waals surface area contributed by atoms with Crippen LogP contribution in [0.1, 0.15) is 0 Å². The number of hydrogen-bond donors (Lipinski definition) is 3. The van der Waals surface area contributed by atoms with Crippen molar-refractivity contribution in [2.24, 2.45) is 0 Å². The summed E-state index contributed by atoms with van der Waals surface area (Å²) in [7, 11) is 0. The molecule has 3 N–H and O–H groups in total. The highest BCUT2D eigenvalue weighted by Crippen LogP contribution is 2.24. The third-order valence-corrected chi connectivity index (χ3v) is 3.46. The number of ether oxygens (including phenoxy) is 1. The van der Waals surface area contributed by atoms with Crippen molar-refractivity contribution in [2.45, 2.75) is 0 Å². The third kappa shape index (κ3) is 4.75. The number of nitrogens with one attached hydrogen (secondary N) is 2. The van der Waals surface area contributed by atoms with Gasteiger partial charge in [0.2, 0.25) is 0 Å². The minimum absolute atomic E-state index is 0.00615. The average Bonchev–Trinajstić information content (AvgIpc) is 2.64. The zero-order valence-electron chi connectivity index (χ0n) is 13.5. The fourth-order valence-electron chi connectivity index (χ4n) is 2.24. The summed E-state index contributed by atoms with van der Waals surface area (Å²) in [6.45, 7) is -0.179. The summed E-state index contributed by atoms with van der Waals surface area (Å²) >= 11 is 0. The SMILES string of the molecule is O=C(COc1ccccc1O)Nc1ccc(Nc2ccccc2)cc1. The molecule has 0 saturated heterocycles. The Morgan fingerprint density at radius 3 is 2.12 bits per heavy atom. The normalized spacial score (nSPS) is 10.1. The van der Waals surface area contributed by atoms with Crippen LogP contribution in [-0.4, -0.2) is 17.6 Å². The third-order valence-electron chi connectivity index (χ3n) is 3.46. The van der Waals surface area contributed by atoms with E-state index in [9.17, 15) is 9.90 Å². The molecule has 0 saturated carbocycles. The summed E-state index contributed by atoms with van der Waals surface area (Å²) in [6, 6.07) is 23.7. The molecule has 0 aliphatic carbocycles. The zero-order chi connectivity index (χ0) is 17.5. The molecule has 0 fully saturated rings. The fourth-order valence-corrected chi connectivity index (χ4v) is 2.24. The van der Waals surface area contributed by atoms with Crippen LogP contribution in [0.4, 0.5) is 17.1 Å². The van der Waals surface area contributed by atoms with Crippen molar-refractivity contribution in [3.63, 3.8) is 0 Å². The van der Waals surface area contributed by atoms with E-state index in [-0.39, 0.29) is 24.0 Å². The van der Waals surface area contributed by atoms with Crippen molar-refractivity contribution >= 4 is 23.0 Å². The first-order chi connectivity index (χ1) is 12.2. The van der Waals surface area contributed by atoms with Gasteiger partial charge >= 0.3 is 0 Å². The minimum Gasteiger partial charge on any atom is -0.504 e. The lowest BCUT2D eigenvalue weighted by atomic mass is 10.2. The lowest BCUT2D eigenvalue weighted by Gasteiger charge is -2.10. The number of anilines is 3. The van der Waals surface area contributed by atoms with Gasteiger partial charge < -0.3 is 20.5 Å². The van der Waals surface area contributed by atoms with E-state index in [0.29, 0.717) is 5.69 Å². The van der Waals surface area contributed by atoms with Gasteiger partial charge in [0.15, 0.2) is 18.1 Å². The van der Waals surface area contributed by atoms with Gasteiger partial charge in [-0.25, -0.2) is 0 Å². The smallest absolute Gasteiger partial charge is 0.262 e. The van der Waals surface area contributed by atoms with Crippen LogP contribution < -0.4 is 15.4 Å². The first-order valence-electron chi connectivity index (χ1n) is 7.83. The van der Waals surface area contributed by atoms with Crippen molar-refractivity contribution in [3.8, 4) is 11.5 Å². The van der Waals surface area contributed by atoms with Gasteiger partial charge in [0, 0.05) is 17.1 Å². The molecule has 5 heteroatoms. The van der Waals surface area contributed by atoms with Crippen molar-refractivity contribution in [3.05, 3.63) is 78.9 Å². The summed E-state index contributed by atoms with van der Waals surface area (Å²) in [5.41, 5.74) is 2.59. The molecule has 0 unspecified atom stereocenters. The van der Waals surface area contributed by atoms with Crippen LogP contribution in [0.15, 0.2) is 78.9 Å². The lowest BCUT2D eigenvalue weighted by Crippen LogP contribution is -2.20. The molecular formula is C20H18N2O3. The van der Waals surface area contributed by atoms with Gasteiger partial charge in [-0.15, -0.1) is 0 Å². The maximum absolute atomic E-state index is 11.9. The van der Waals surface area contributed by atoms with E-state index in [2.05, 4.69) is 10.6 Å². The van der Waals surface area contributed by atoms with Gasteiger partial charge in [-0.05, 0) is 48.5 Å². The topological polar surface area (TPSA) is 70.6 Å². The predicted molar refractivity (Wildman–Crippen MR) is 98.4 cm³/mol. The molecule has 5 nitrogen and oxygen atoms in total. The van der Waals surface area contributed by atoms with Gasteiger partial charge in [0.25, 0.3) is 5.91 Å². The first kappa shape index (κ1) is 16.4. The fraction of sp³-hybridized carbons (Fsp3) is 0.0500. The monoisotopic (exact) mass is 334 g/mol. The minimum atomic E-state index is -0.299. The molecule has 3 rings (SSSR count). The van der Waals surface area contributed by atoms with Crippen LogP contribution in [0.5, 0.6) is 11.5 Å². The second kappa shape index (κ2) is 7.88. The predicted octanol–water partition coefficient (Wildman–Crippen LogP) is 4.15. The van der Waals surface area contributed by atoms with Crippen molar-refractivity contribution in [1.82, 2.24) is 0 Å². The number of amides is 1. The first-order valence-corrected chi connectivity index (χ1v) is 7.83. The summed E-state index contributed by atoms with van der Waals surface area (Å²) in [5.74, 6) is -0.0151. The molecule has 0 aromatic heterocycles. The molecule has 0 aliphatic rings. The highest BCUT2D eigenvalue weighted by molar-refractivity contribution is 5.92.